The number of nitrogens with two attached hydrogens (primary N) is 1. The molecule has 98 valence electrons. The summed E-state index contributed by atoms with van der Waals surface area (Å²) in [7, 11) is 0. The van der Waals surface area contributed by atoms with Crippen molar-refractivity contribution in [2.75, 3.05) is 0 Å². The second-order valence-electron chi connectivity index (χ2n) is 4.80. The Kier molecular flexibility index (Phi) is 4.60. The molecule has 1 aromatic carbocycles. The quantitative estimate of drug-likeness (QED) is 0.914. The summed E-state index contributed by atoms with van der Waals surface area (Å²) in [6, 6.07) is 10.6. The van der Waals surface area contributed by atoms with Crippen LogP contribution in [0.3, 0.4) is 0 Å². The zero-order chi connectivity index (χ0) is 11.2. The first-order valence-electron chi connectivity index (χ1n) is 5.86. The summed E-state index contributed by atoms with van der Waals surface area (Å²) < 4.78 is 0. The van der Waals surface area contributed by atoms with Crippen molar-refractivity contribution in [1.29, 1.82) is 0 Å². The van der Waals surface area contributed by atoms with Crippen LogP contribution in [0.25, 0.3) is 10.9 Å². The Balaban J connectivity index is 0.000000810. The molecule has 2 aromatic rings. The molecule has 1 heterocycles. The van der Waals surface area contributed by atoms with Gasteiger partial charge in [-0.1, -0.05) is 19.1 Å². The van der Waals surface area contributed by atoms with Gasteiger partial charge in [-0.2, -0.15) is 0 Å². The normalized spacial score (nSPS) is 25.1. The number of hydrogen-bond donors (Lipinski definition) is 1. The van der Waals surface area contributed by atoms with E-state index in [1.165, 1.54) is 10.9 Å². The van der Waals surface area contributed by atoms with Crippen molar-refractivity contribution in [2.24, 2.45) is 5.73 Å². The van der Waals surface area contributed by atoms with Crippen LogP contribution in [-0.2, 0) is 0 Å². The van der Waals surface area contributed by atoms with E-state index in [4.69, 9.17) is 5.73 Å². The van der Waals surface area contributed by atoms with Gasteiger partial charge in [0.25, 0.3) is 0 Å². The minimum absolute atomic E-state index is 0. The van der Waals surface area contributed by atoms with Crippen LogP contribution in [0.5, 0.6) is 0 Å². The second kappa shape index (κ2) is 5.43. The highest BCUT2D eigenvalue weighted by molar-refractivity contribution is 5.85. The van der Waals surface area contributed by atoms with Crippen molar-refractivity contribution in [1.82, 2.24) is 4.98 Å². The molecular formula is C14H18Cl2N2. The number of pyridine rings is 1. The fourth-order valence-electron chi connectivity index (χ4n) is 2.47. The SMILES string of the molecule is CCC1(N)CC1c1ccc2ncccc2c1.Cl.Cl. The Morgan fingerprint density at radius 2 is 2.11 bits per heavy atom. The predicted molar refractivity (Wildman–Crippen MR) is 80.8 cm³/mol. The van der Waals surface area contributed by atoms with Gasteiger partial charge in [0.05, 0.1) is 5.52 Å². The smallest absolute Gasteiger partial charge is 0.0702 e. The molecule has 1 aliphatic carbocycles. The highest BCUT2D eigenvalue weighted by Crippen LogP contribution is 2.51. The fourth-order valence-corrected chi connectivity index (χ4v) is 2.47. The number of hydrogen-bond acceptors (Lipinski definition) is 2. The standard InChI is InChI=1S/C14H16N2.2ClH/c1-2-14(15)9-12(14)10-5-6-13-11(8-10)4-3-7-16-13;;/h3-8,12H,2,9,15H2,1H3;2*1H. The monoisotopic (exact) mass is 284 g/mol. The van der Waals surface area contributed by atoms with Crippen LogP contribution in [0.15, 0.2) is 36.5 Å². The Labute approximate surface area is 120 Å². The Hall–Kier alpha value is -0.830. The summed E-state index contributed by atoms with van der Waals surface area (Å²) in [6.45, 7) is 2.17. The van der Waals surface area contributed by atoms with Crippen molar-refractivity contribution in [3.05, 3.63) is 42.1 Å². The number of nitrogens with zero attached hydrogens (tertiary/aromatic N) is 1. The van der Waals surface area contributed by atoms with E-state index in [9.17, 15) is 0 Å². The Morgan fingerprint density at radius 1 is 1.33 bits per heavy atom. The maximum atomic E-state index is 6.25. The highest BCUT2D eigenvalue weighted by atomic mass is 35.5. The maximum absolute atomic E-state index is 6.25. The van der Waals surface area contributed by atoms with E-state index >= 15 is 0 Å². The minimum atomic E-state index is 0. The van der Waals surface area contributed by atoms with Gasteiger partial charge in [-0.3, -0.25) is 4.98 Å². The molecule has 4 heteroatoms. The summed E-state index contributed by atoms with van der Waals surface area (Å²) in [5, 5.41) is 1.21. The Morgan fingerprint density at radius 3 is 2.78 bits per heavy atom. The van der Waals surface area contributed by atoms with Gasteiger partial charge >= 0.3 is 0 Å². The zero-order valence-corrected chi connectivity index (χ0v) is 11.9. The van der Waals surface area contributed by atoms with Crippen LogP contribution in [0.2, 0.25) is 0 Å². The lowest BCUT2D eigenvalue weighted by molar-refractivity contribution is 0.626. The third kappa shape index (κ3) is 2.46. The maximum Gasteiger partial charge on any atom is 0.0702 e. The van der Waals surface area contributed by atoms with Crippen molar-refractivity contribution in [3.63, 3.8) is 0 Å². The number of rotatable bonds is 2. The lowest BCUT2D eigenvalue weighted by atomic mass is 10.0. The summed E-state index contributed by atoms with van der Waals surface area (Å²) >= 11 is 0. The van der Waals surface area contributed by atoms with Crippen molar-refractivity contribution in [2.45, 2.75) is 31.2 Å². The van der Waals surface area contributed by atoms with Gasteiger partial charge in [-0.25, -0.2) is 0 Å². The molecule has 1 saturated carbocycles. The molecule has 0 radical (unpaired) electrons. The molecule has 0 amide bonds. The molecule has 1 aromatic heterocycles. The van der Waals surface area contributed by atoms with Crippen LogP contribution < -0.4 is 5.73 Å². The molecule has 0 aliphatic heterocycles. The average Bonchev–Trinajstić information content (AvgIpc) is 3.02. The van der Waals surface area contributed by atoms with E-state index in [0.29, 0.717) is 5.92 Å². The summed E-state index contributed by atoms with van der Waals surface area (Å²) in [5.41, 5.74) is 8.73. The predicted octanol–water partition coefficient (Wildman–Crippen LogP) is 3.67. The van der Waals surface area contributed by atoms with E-state index in [-0.39, 0.29) is 30.4 Å². The molecule has 1 fully saturated rings. The van der Waals surface area contributed by atoms with Crippen LogP contribution >= 0.6 is 24.8 Å². The zero-order valence-electron chi connectivity index (χ0n) is 10.3. The topological polar surface area (TPSA) is 38.9 Å². The first-order chi connectivity index (χ1) is 7.73. The molecule has 2 atom stereocenters. The number of benzene rings is 1. The van der Waals surface area contributed by atoms with Gasteiger partial charge in [0, 0.05) is 23.0 Å². The minimum Gasteiger partial charge on any atom is -0.325 e. The van der Waals surface area contributed by atoms with E-state index in [0.717, 1.165) is 18.4 Å². The van der Waals surface area contributed by atoms with Gasteiger partial charge in [0.2, 0.25) is 0 Å². The lowest BCUT2D eigenvalue weighted by Crippen LogP contribution is -2.22. The Bertz CT molecular complexity index is 544. The highest BCUT2D eigenvalue weighted by Gasteiger charge is 2.49. The molecule has 2 N–H and O–H groups in total. The number of aromatic nitrogens is 1. The van der Waals surface area contributed by atoms with Crippen LogP contribution in [0.1, 0.15) is 31.2 Å². The van der Waals surface area contributed by atoms with E-state index in [2.05, 4.69) is 36.2 Å². The third-order valence-electron chi connectivity index (χ3n) is 3.81. The molecule has 2 nitrogen and oxygen atoms in total. The summed E-state index contributed by atoms with van der Waals surface area (Å²) in [4.78, 5) is 4.33. The molecule has 18 heavy (non-hydrogen) atoms. The van der Waals surface area contributed by atoms with Crippen LogP contribution in [0, 0.1) is 0 Å². The van der Waals surface area contributed by atoms with Crippen LogP contribution in [-0.4, -0.2) is 10.5 Å². The van der Waals surface area contributed by atoms with Crippen molar-refractivity contribution in [3.8, 4) is 0 Å². The molecule has 0 saturated heterocycles. The van der Waals surface area contributed by atoms with Crippen molar-refractivity contribution < 1.29 is 0 Å². The van der Waals surface area contributed by atoms with Gasteiger partial charge in [0.1, 0.15) is 0 Å². The summed E-state index contributed by atoms with van der Waals surface area (Å²) in [6.07, 6.45) is 4.01. The first-order valence-corrected chi connectivity index (χ1v) is 5.86. The van der Waals surface area contributed by atoms with E-state index < -0.39 is 0 Å². The van der Waals surface area contributed by atoms with Crippen LogP contribution in [0.4, 0.5) is 0 Å². The first kappa shape index (κ1) is 15.2. The molecular weight excluding hydrogens is 267 g/mol. The lowest BCUT2D eigenvalue weighted by Gasteiger charge is -2.08. The second-order valence-corrected chi connectivity index (χ2v) is 4.80. The number of halogens is 2. The van der Waals surface area contributed by atoms with Gasteiger partial charge in [-0.15, -0.1) is 24.8 Å². The molecule has 2 unspecified atom stereocenters. The number of fused-ring (bicyclic) bond motifs is 1. The third-order valence-corrected chi connectivity index (χ3v) is 3.81. The van der Waals surface area contributed by atoms with Gasteiger partial charge in [-0.05, 0) is 36.6 Å². The molecule has 1 aliphatic rings. The molecule has 0 spiro atoms. The van der Waals surface area contributed by atoms with Gasteiger partial charge in [0.15, 0.2) is 0 Å². The molecule has 0 bridgehead atoms. The van der Waals surface area contributed by atoms with E-state index in [1.54, 1.807) is 0 Å². The largest absolute Gasteiger partial charge is 0.325 e. The summed E-state index contributed by atoms with van der Waals surface area (Å²) in [5.74, 6) is 0.544. The van der Waals surface area contributed by atoms with Gasteiger partial charge < -0.3 is 5.73 Å². The van der Waals surface area contributed by atoms with Crippen molar-refractivity contribution >= 4 is 35.7 Å². The fraction of sp³-hybridized carbons (Fsp3) is 0.357. The average molecular weight is 285 g/mol. The van der Waals surface area contributed by atoms with E-state index in [1.807, 2.05) is 12.3 Å². The molecule has 3 rings (SSSR count).